The lowest BCUT2D eigenvalue weighted by Crippen LogP contribution is -2.31. The SMILES string of the molecule is CS(=O)(=O)N(CC=CC(O)COc1ccc(F)cc1)CCCCCCC(=O)O. The van der Waals surface area contributed by atoms with Crippen molar-refractivity contribution in [3.8, 4) is 5.75 Å². The normalized spacial score (nSPS) is 13.1. The molecule has 0 amide bonds. The van der Waals surface area contributed by atoms with Crippen LogP contribution >= 0.6 is 0 Å². The van der Waals surface area contributed by atoms with Gasteiger partial charge in [0.25, 0.3) is 0 Å². The zero-order chi connectivity index (χ0) is 21.0. The fourth-order valence-electron chi connectivity index (χ4n) is 2.41. The lowest BCUT2D eigenvalue weighted by Gasteiger charge is -2.18. The molecule has 1 unspecified atom stereocenters. The van der Waals surface area contributed by atoms with E-state index in [0.717, 1.165) is 19.1 Å². The summed E-state index contributed by atoms with van der Waals surface area (Å²) in [5.74, 6) is -0.782. The molecule has 0 bridgehead atoms. The predicted molar refractivity (Wildman–Crippen MR) is 104 cm³/mol. The second-order valence-corrected chi connectivity index (χ2v) is 8.42. The van der Waals surface area contributed by atoms with Crippen molar-refractivity contribution in [2.75, 3.05) is 26.0 Å². The predicted octanol–water partition coefficient (Wildman–Crippen LogP) is 2.42. The summed E-state index contributed by atoms with van der Waals surface area (Å²) in [5.41, 5.74) is 0. The first-order chi connectivity index (χ1) is 13.2. The molecule has 2 N–H and O–H groups in total. The Bertz CT molecular complexity index is 720. The van der Waals surface area contributed by atoms with E-state index in [-0.39, 0.29) is 25.4 Å². The van der Waals surface area contributed by atoms with Gasteiger partial charge in [0, 0.05) is 19.5 Å². The molecule has 7 nitrogen and oxygen atoms in total. The Balaban J connectivity index is 2.36. The fraction of sp³-hybridized carbons (Fsp3) is 0.526. The molecule has 0 aliphatic carbocycles. The van der Waals surface area contributed by atoms with Crippen LogP contribution in [0.15, 0.2) is 36.4 Å². The second-order valence-electron chi connectivity index (χ2n) is 6.44. The Kier molecular flexibility index (Phi) is 10.7. The summed E-state index contributed by atoms with van der Waals surface area (Å²) in [7, 11) is -3.39. The van der Waals surface area contributed by atoms with Crippen molar-refractivity contribution >= 4 is 16.0 Å². The van der Waals surface area contributed by atoms with Gasteiger partial charge in [0.2, 0.25) is 10.0 Å². The van der Waals surface area contributed by atoms with Gasteiger partial charge in [-0.1, -0.05) is 25.0 Å². The number of unbranched alkanes of at least 4 members (excludes halogenated alkanes) is 3. The van der Waals surface area contributed by atoms with Crippen LogP contribution in [-0.2, 0) is 14.8 Å². The minimum Gasteiger partial charge on any atom is -0.491 e. The van der Waals surface area contributed by atoms with E-state index in [0.29, 0.717) is 25.1 Å². The van der Waals surface area contributed by atoms with Crippen molar-refractivity contribution < 1.29 is 32.6 Å². The number of aliphatic hydroxyl groups excluding tert-OH is 1. The third-order valence-electron chi connectivity index (χ3n) is 3.92. The molecule has 0 aromatic heterocycles. The van der Waals surface area contributed by atoms with E-state index in [1.54, 1.807) is 6.08 Å². The highest BCUT2D eigenvalue weighted by molar-refractivity contribution is 7.88. The third kappa shape index (κ3) is 11.0. The number of nitrogens with zero attached hydrogens (tertiary/aromatic N) is 1. The molecular weight excluding hydrogens is 389 g/mol. The third-order valence-corrected chi connectivity index (χ3v) is 5.19. The maximum Gasteiger partial charge on any atom is 0.303 e. The van der Waals surface area contributed by atoms with Crippen LogP contribution in [0.2, 0.25) is 0 Å². The van der Waals surface area contributed by atoms with Crippen molar-refractivity contribution in [3.05, 3.63) is 42.2 Å². The molecule has 9 heteroatoms. The minimum absolute atomic E-state index is 0.0371. The van der Waals surface area contributed by atoms with Crippen LogP contribution in [0.5, 0.6) is 5.75 Å². The maximum absolute atomic E-state index is 12.8. The molecule has 0 radical (unpaired) electrons. The number of carboxylic acids is 1. The van der Waals surface area contributed by atoms with E-state index in [9.17, 15) is 22.7 Å². The fourth-order valence-corrected chi connectivity index (χ4v) is 3.23. The standard InChI is InChI=1S/C19H28FNO6S/c1-28(25,26)21(13-5-3-2-4-8-19(23)24)14-6-7-17(22)15-27-18-11-9-16(20)10-12-18/h6-7,9-12,17,22H,2-5,8,13-15H2,1H3,(H,23,24). The van der Waals surface area contributed by atoms with Crippen LogP contribution < -0.4 is 4.74 Å². The molecule has 0 saturated carbocycles. The zero-order valence-electron chi connectivity index (χ0n) is 16.0. The Morgan fingerprint density at radius 3 is 2.46 bits per heavy atom. The molecule has 1 rings (SSSR count). The van der Waals surface area contributed by atoms with Crippen LogP contribution in [0.1, 0.15) is 32.1 Å². The zero-order valence-corrected chi connectivity index (χ0v) is 16.8. The number of aliphatic hydroxyl groups is 1. The number of aliphatic carboxylic acids is 1. The van der Waals surface area contributed by atoms with Crippen LogP contribution in [0.25, 0.3) is 0 Å². The number of ether oxygens (including phenoxy) is 1. The Hall–Kier alpha value is -1.97. The van der Waals surface area contributed by atoms with Gasteiger partial charge in [-0.25, -0.2) is 12.8 Å². The number of benzene rings is 1. The highest BCUT2D eigenvalue weighted by Gasteiger charge is 2.14. The molecule has 1 aromatic rings. The van der Waals surface area contributed by atoms with E-state index in [2.05, 4.69) is 0 Å². The van der Waals surface area contributed by atoms with Gasteiger partial charge in [-0.05, 0) is 37.1 Å². The highest BCUT2D eigenvalue weighted by atomic mass is 32.2. The van der Waals surface area contributed by atoms with E-state index in [1.807, 2.05) is 0 Å². The van der Waals surface area contributed by atoms with Gasteiger partial charge in [-0.15, -0.1) is 0 Å². The summed E-state index contributed by atoms with van der Waals surface area (Å²) in [5, 5.41) is 18.5. The van der Waals surface area contributed by atoms with Gasteiger partial charge in [-0.3, -0.25) is 4.79 Å². The number of halogens is 1. The molecule has 158 valence electrons. The first-order valence-electron chi connectivity index (χ1n) is 9.08. The number of carboxylic acid groups (broad SMARTS) is 1. The van der Waals surface area contributed by atoms with Gasteiger partial charge in [0.05, 0.1) is 6.26 Å². The molecule has 28 heavy (non-hydrogen) atoms. The van der Waals surface area contributed by atoms with Gasteiger partial charge >= 0.3 is 5.97 Å². The molecule has 0 heterocycles. The molecule has 0 spiro atoms. The van der Waals surface area contributed by atoms with Crippen molar-refractivity contribution in [1.82, 2.24) is 4.31 Å². The lowest BCUT2D eigenvalue weighted by atomic mass is 10.1. The number of rotatable bonds is 14. The van der Waals surface area contributed by atoms with Crippen LogP contribution in [0.4, 0.5) is 4.39 Å². The van der Waals surface area contributed by atoms with Gasteiger partial charge in [0.15, 0.2) is 0 Å². The van der Waals surface area contributed by atoms with Gasteiger partial charge in [-0.2, -0.15) is 4.31 Å². The Morgan fingerprint density at radius 1 is 1.21 bits per heavy atom. The summed E-state index contributed by atoms with van der Waals surface area (Å²) in [6.45, 7) is 0.421. The quantitative estimate of drug-likeness (QED) is 0.356. The molecule has 0 saturated heterocycles. The lowest BCUT2D eigenvalue weighted by molar-refractivity contribution is -0.137. The molecule has 1 aromatic carbocycles. The molecular formula is C19H28FNO6S. The summed E-state index contributed by atoms with van der Waals surface area (Å²) in [6.07, 6.45) is 6.03. The average Bonchev–Trinajstić information content (AvgIpc) is 2.61. The molecule has 0 aliphatic rings. The average molecular weight is 417 g/mol. The molecule has 0 aliphatic heterocycles. The highest BCUT2D eigenvalue weighted by Crippen LogP contribution is 2.11. The number of sulfonamides is 1. The number of hydrogen-bond acceptors (Lipinski definition) is 5. The first-order valence-corrected chi connectivity index (χ1v) is 10.9. The van der Waals surface area contributed by atoms with Crippen molar-refractivity contribution in [3.63, 3.8) is 0 Å². The molecule has 1 atom stereocenters. The summed E-state index contributed by atoms with van der Waals surface area (Å²) in [6, 6.07) is 5.41. The van der Waals surface area contributed by atoms with Gasteiger partial charge < -0.3 is 14.9 Å². The second kappa shape index (κ2) is 12.5. The summed E-state index contributed by atoms with van der Waals surface area (Å²) in [4.78, 5) is 10.4. The number of carbonyl (C=O) groups is 1. The van der Waals surface area contributed by atoms with E-state index >= 15 is 0 Å². The smallest absolute Gasteiger partial charge is 0.303 e. The summed E-state index contributed by atoms with van der Waals surface area (Å²) >= 11 is 0. The van der Waals surface area contributed by atoms with Crippen LogP contribution in [0.3, 0.4) is 0 Å². The van der Waals surface area contributed by atoms with Crippen LogP contribution in [-0.4, -0.2) is 61.0 Å². The largest absolute Gasteiger partial charge is 0.491 e. The van der Waals surface area contributed by atoms with Gasteiger partial charge in [0.1, 0.15) is 24.3 Å². The Labute approximate surface area is 165 Å². The van der Waals surface area contributed by atoms with E-state index in [4.69, 9.17) is 9.84 Å². The van der Waals surface area contributed by atoms with Crippen molar-refractivity contribution in [2.24, 2.45) is 0 Å². The van der Waals surface area contributed by atoms with E-state index in [1.165, 1.54) is 34.6 Å². The number of hydrogen-bond donors (Lipinski definition) is 2. The van der Waals surface area contributed by atoms with Crippen molar-refractivity contribution in [1.29, 1.82) is 0 Å². The van der Waals surface area contributed by atoms with Crippen LogP contribution in [0, 0.1) is 5.82 Å². The van der Waals surface area contributed by atoms with E-state index < -0.39 is 22.1 Å². The topological polar surface area (TPSA) is 104 Å². The monoisotopic (exact) mass is 417 g/mol. The van der Waals surface area contributed by atoms with Crippen molar-refractivity contribution in [2.45, 2.75) is 38.2 Å². The molecule has 0 fully saturated rings. The first kappa shape index (κ1) is 24.1. The maximum atomic E-state index is 12.8. The Morgan fingerprint density at radius 2 is 1.86 bits per heavy atom. The minimum atomic E-state index is -3.39. The summed E-state index contributed by atoms with van der Waals surface area (Å²) < 4.78 is 43.1.